The summed E-state index contributed by atoms with van der Waals surface area (Å²) < 4.78 is 5.23. The highest BCUT2D eigenvalue weighted by molar-refractivity contribution is 6.42. The molecule has 2 aromatic carbocycles. The van der Waals surface area contributed by atoms with Gasteiger partial charge in [-0.25, -0.2) is 0 Å². The molecular formula is C15H7Cl2N3O. The van der Waals surface area contributed by atoms with Crippen LogP contribution in [0, 0.1) is 11.3 Å². The van der Waals surface area contributed by atoms with Gasteiger partial charge in [-0.15, -0.1) is 0 Å². The van der Waals surface area contributed by atoms with Crippen molar-refractivity contribution >= 4 is 23.2 Å². The Kier molecular flexibility index (Phi) is 3.61. The number of hydrogen-bond donors (Lipinski definition) is 0. The summed E-state index contributed by atoms with van der Waals surface area (Å²) in [5.74, 6) is 0.800. The minimum absolute atomic E-state index is 0.376. The molecule has 0 amide bonds. The summed E-state index contributed by atoms with van der Waals surface area (Å²) in [5, 5.41) is 13.6. The standard InChI is InChI=1S/C15H7Cl2N3O/c16-12-6-5-11(7-13(12)17)14-19-15(21-20-14)10-3-1-9(8-18)2-4-10/h1-7H. The van der Waals surface area contributed by atoms with Crippen LogP contribution in [0.2, 0.25) is 10.0 Å². The third-order valence-corrected chi connectivity index (χ3v) is 3.60. The van der Waals surface area contributed by atoms with Crippen molar-refractivity contribution in [3.8, 4) is 28.9 Å². The molecule has 3 aromatic rings. The average Bonchev–Trinajstić information content (AvgIpc) is 3.00. The van der Waals surface area contributed by atoms with E-state index in [2.05, 4.69) is 16.2 Å². The zero-order chi connectivity index (χ0) is 14.8. The van der Waals surface area contributed by atoms with Gasteiger partial charge in [-0.2, -0.15) is 10.2 Å². The molecule has 3 rings (SSSR count). The summed E-state index contributed by atoms with van der Waals surface area (Å²) >= 11 is 11.8. The first kappa shape index (κ1) is 13.6. The maximum absolute atomic E-state index is 8.78. The first-order valence-electron chi connectivity index (χ1n) is 5.97. The molecule has 0 aliphatic carbocycles. The molecule has 0 fully saturated rings. The van der Waals surface area contributed by atoms with E-state index in [9.17, 15) is 0 Å². The Hall–Kier alpha value is -2.35. The van der Waals surface area contributed by atoms with E-state index in [4.69, 9.17) is 33.0 Å². The molecule has 1 heterocycles. The number of benzene rings is 2. The maximum atomic E-state index is 8.78. The van der Waals surface area contributed by atoms with Gasteiger partial charge in [-0.3, -0.25) is 0 Å². The average molecular weight is 316 g/mol. The third-order valence-electron chi connectivity index (χ3n) is 2.86. The molecule has 4 nitrogen and oxygen atoms in total. The Balaban J connectivity index is 1.95. The van der Waals surface area contributed by atoms with Crippen molar-refractivity contribution in [3.63, 3.8) is 0 Å². The Bertz CT molecular complexity index is 835. The molecule has 0 radical (unpaired) electrons. The van der Waals surface area contributed by atoms with Crippen molar-refractivity contribution in [1.29, 1.82) is 5.26 Å². The van der Waals surface area contributed by atoms with E-state index in [-0.39, 0.29) is 0 Å². The second-order valence-corrected chi connectivity index (χ2v) is 5.06. The van der Waals surface area contributed by atoms with Crippen LogP contribution in [-0.2, 0) is 0 Å². The van der Waals surface area contributed by atoms with Gasteiger partial charge in [-0.05, 0) is 42.5 Å². The van der Waals surface area contributed by atoms with Crippen molar-refractivity contribution < 1.29 is 4.52 Å². The Morgan fingerprint density at radius 2 is 1.67 bits per heavy atom. The van der Waals surface area contributed by atoms with Crippen molar-refractivity contribution in [3.05, 3.63) is 58.1 Å². The lowest BCUT2D eigenvalue weighted by molar-refractivity contribution is 0.432. The van der Waals surface area contributed by atoms with Crippen LogP contribution in [0.4, 0.5) is 0 Å². The quantitative estimate of drug-likeness (QED) is 0.694. The van der Waals surface area contributed by atoms with Crippen LogP contribution in [0.3, 0.4) is 0 Å². The number of rotatable bonds is 2. The van der Waals surface area contributed by atoms with Crippen molar-refractivity contribution in [2.45, 2.75) is 0 Å². The summed E-state index contributed by atoms with van der Waals surface area (Å²) in [6, 6.07) is 14.1. The monoisotopic (exact) mass is 315 g/mol. The van der Waals surface area contributed by atoms with Crippen LogP contribution in [0.1, 0.15) is 5.56 Å². The van der Waals surface area contributed by atoms with Gasteiger partial charge >= 0.3 is 0 Å². The van der Waals surface area contributed by atoms with Crippen LogP contribution in [0.15, 0.2) is 47.0 Å². The molecular weight excluding hydrogens is 309 g/mol. The normalized spacial score (nSPS) is 10.3. The summed E-state index contributed by atoms with van der Waals surface area (Å²) in [6.45, 7) is 0. The van der Waals surface area contributed by atoms with E-state index in [0.29, 0.717) is 32.9 Å². The smallest absolute Gasteiger partial charge is 0.258 e. The molecule has 0 aliphatic rings. The SMILES string of the molecule is N#Cc1ccc(-c2nc(-c3ccc(Cl)c(Cl)c3)no2)cc1. The van der Waals surface area contributed by atoms with Gasteiger partial charge in [0, 0.05) is 11.1 Å². The third kappa shape index (κ3) is 2.75. The number of halogens is 2. The van der Waals surface area contributed by atoms with Crippen molar-refractivity contribution in [2.75, 3.05) is 0 Å². The van der Waals surface area contributed by atoms with E-state index in [1.807, 2.05) is 0 Å². The predicted octanol–water partition coefficient (Wildman–Crippen LogP) is 4.58. The molecule has 21 heavy (non-hydrogen) atoms. The van der Waals surface area contributed by atoms with Gasteiger partial charge in [-0.1, -0.05) is 28.4 Å². The fourth-order valence-electron chi connectivity index (χ4n) is 1.78. The molecule has 102 valence electrons. The van der Waals surface area contributed by atoms with Gasteiger partial charge in [0.05, 0.1) is 21.7 Å². The van der Waals surface area contributed by atoms with Gasteiger partial charge in [0.15, 0.2) is 0 Å². The van der Waals surface area contributed by atoms with Crippen molar-refractivity contribution in [1.82, 2.24) is 10.1 Å². The molecule has 0 spiro atoms. The first-order chi connectivity index (χ1) is 10.2. The maximum Gasteiger partial charge on any atom is 0.258 e. The number of hydrogen-bond acceptors (Lipinski definition) is 4. The Morgan fingerprint density at radius 3 is 2.33 bits per heavy atom. The largest absolute Gasteiger partial charge is 0.334 e. The fourth-order valence-corrected chi connectivity index (χ4v) is 2.08. The van der Waals surface area contributed by atoms with Crippen molar-refractivity contribution in [2.24, 2.45) is 0 Å². The molecule has 0 bridgehead atoms. The van der Waals surface area contributed by atoms with E-state index in [1.54, 1.807) is 42.5 Å². The zero-order valence-corrected chi connectivity index (χ0v) is 12.1. The van der Waals surface area contributed by atoms with Gasteiger partial charge in [0.2, 0.25) is 5.82 Å². The van der Waals surface area contributed by atoms with Crippen LogP contribution in [0.5, 0.6) is 0 Å². The lowest BCUT2D eigenvalue weighted by Gasteiger charge is -1.97. The lowest BCUT2D eigenvalue weighted by atomic mass is 10.1. The lowest BCUT2D eigenvalue weighted by Crippen LogP contribution is -1.82. The van der Waals surface area contributed by atoms with Crippen LogP contribution >= 0.6 is 23.2 Å². The Morgan fingerprint density at radius 1 is 0.952 bits per heavy atom. The van der Waals surface area contributed by atoms with Gasteiger partial charge in [0.25, 0.3) is 5.89 Å². The molecule has 0 atom stereocenters. The second kappa shape index (κ2) is 5.57. The van der Waals surface area contributed by atoms with Crippen LogP contribution in [0.25, 0.3) is 22.8 Å². The highest BCUT2D eigenvalue weighted by Gasteiger charge is 2.11. The molecule has 0 aliphatic heterocycles. The number of nitrogens with zero attached hydrogens (tertiary/aromatic N) is 3. The van der Waals surface area contributed by atoms with Crippen LogP contribution < -0.4 is 0 Å². The summed E-state index contributed by atoms with van der Waals surface area (Å²) in [4.78, 5) is 4.31. The summed E-state index contributed by atoms with van der Waals surface area (Å²) in [7, 11) is 0. The minimum atomic E-state index is 0.376. The fraction of sp³-hybridized carbons (Fsp3) is 0. The van der Waals surface area contributed by atoms with E-state index in [0.717, 1.165) is 5.56 Å². The molecule has 0 unspecified atom stereocenters. The van der Waals surface area contributed by atoms with E-state index in [1.165, 1.54) is 0 Å². The predicted molar refractivity (Wildman–Crippen MR) is 79.9 cm³/mol. The number of aromatic nitrogens is 2. The summed E-state index contributed by atoms with van der Waals surface area (Å²) in [5.41, 5.74) is 2.03. The van der Waals surface area contributed by atoms with E-state index >= 15 is 0 Å². The van der Waals surface area contributed by atoms with Gasteiger partial charge < -0.3 is 4.52 Å². The minimum Gasteiger partial charge on any atom is -0.334 e. The summed E-state index contributed by atoms with van der Waals surface area (Å²) in [6.07, 6.45) is 0. The second-order valence-electron chi connectivity index (χ2n) is 4.24. The molecule has 0 saturated heterocycles. The highest BCUT2D eigenvalue weighted by atomic mass is 35.5. The molecule has 1 aromatic heterocycles. The molecule has 6 heteroatoms. The molecule has 0 saturated carbocycles. The van der Waals surface area contributed by atoms with E-state index < -0.39 is 0 Å². The topological polar surface area (TPSA) is 62.7 Å². The molecule has 0 N–H and O–H groups in total. The Labute approximate surface area is 130 Å². The van der Waals surface area contributed by atoms with Crippen LogP contribution in [-0.4, -0.2) is 10.1 Å². The number of nitriles is 1. The highest BCUT2D eigenvalue weighted by Crippen LogP contribution is 2.28. The first-order valence-corrected chi connectivity index (χ1v) is 6.72. The van der Waals surface area contributed by atoms with Gasteiger partial charge in [0.1, 0.15) is 0 Å². The zero-order valence-electron chi connectivity index (χ0n) is 10.5.